The smallest absolute Gasteiger partial charge is 0.490 e. The molecule has 46 heavy (non-hydrogen) atoms. The molecule has 1 saturated heterocycles. The molecule has 1 fully saturated rings. The van der Waals surface area contributed by atoms with Crippen LogP contribution in [0.1, 0.15) is 35.4 Å². The first kappa shape index (κ1) is 33.4. The zero-order valence-electron chi connectivity index (χ0n) is 25.1. The van der Waals surface area contributed by atoms with Gasteiger partial charge in [-0.25, -0.2) is 4.79 Å². The quantitative estimate of drug-likeness (QED) is 0.188. The molecule has 0 unspecified atom stereocenters. The van der Waals surface area contributed by atoms with Crippen LogP contribution >= 0.6 is 23.2 Å². The van der Waals surface area contributed by atoms with Crippen molar-refractivity contribution >= 4 is 40.1 Å². The third-order valence-electron chi connectivity index (χ3n) is 8.26. The van der Waals surface area contributed by atoms with E-state index in [1.165, 1.54) is 33.3 Å². The fourth-order valence-corrected chi connectivity index (χ4v) is 6.84. The van der Waals surface area contributed by atoms with Crippen LogP contribution in [0, 0.1) is 0 Å². The van der Waals surface area contributed by atoms with Gasteiger partial charge in [-0.2, -0.15) is 13.2 Å². The number of aliphatic carboxylic acids is 1. The normalized spacial score (nSPS) is 14.1. The van der Waals surface area contributed by atoms with Crippen molar-refractivity contribution in [2.45, 2.75) is 38.0 Å². The number of hydrogen-bond acceptors (Lipinski definition) is 3. The molecule has 4 aromatic carbocycles. The summed E-state index contributed by atoms with van der Waals surface area (Å²) in [6.07, 6.45) is -2.99. The molecule has 0 radical (unpaired) electrons. The van der Waals surface area contributed by atoms with Crippen LogP contribution in [0.2, 0.25) is 10.0 Å². The minimum absolute atomic E-state index is 0.392. The molecule has 5 nitrogen and oxygen atoms in total. The maximum atomic E-state index is 10.6. The van der Waals surface area contributed by atoms with Gasteiger partial charge in [-0.1, -0.05) is 96.0 Å². The second-order valence-corrected chi connectivity index (χ2v) is 11.9. The van der Waals surface area contributed by atoms with Crippen molar-refractivity contribution in [3.05, 3.63) is 124 Å². The molecule has 10 heteroatoms. The molecule has 0 spiro atoms. The summed E-state index contributed by atoms with van der Waals surface area (Å²) >= 11 is 13.1. The van der Waals surface area contributed by atoms with Crippen molar-refractivity contribution in [1.29, 1.82) is 0 Å². The van der Waals surface area contributed by atoms with Crippen LogP contribution < -0.4 is 4.74 Å². The molecule has 240 valence electrons. The summed E-state index contributed by atoms with van der Waals surface area (Å²) in [5, 5.41) is 10.0. The number of methoxy groups -OCH3 is 1. The van der Waals surface area contributed by atoms with Gasteiger partial charge in [-0.15, -0.1) is 0 Å². The average Bonchev–Trinajstić information content (AvgIpc) is 3.34. The molecular formula is C36H33Cl2F3N2O3. The van der Waals surface area contributed by atoms with Gasteiger partial charge in [0.15, 0.2) is 0 Å². The van der Waals surface area contributed by atoms with E-state index in [0.717, 1.165) is 60.4 Å². The topological polar surface area (TPSA) is 54.7 Å². The predicted octanol–water partition coefficient (Wildman–Crippen LogP) is 9.68. The summed E-state index contributed by atoms with van der Waals surface area (Å²) < 4.78 is 39.9. The van der Waals surface area contributed by atoms with Gasteiger partial charge in [0.05, 0.1) is 19.3 Å². The summed E-state index contributed by atoms with van der Waals surface area (Å²) in [7, 11) is 1.75. The monoisotopic (exact) mass is 668 g/mol. The highest BCUT2D eigenvalue weighted by Gasteiger charge is 2.38. The Kier molecular flexibility index (Phi) is 10.6. The molecule has 0 saturated carbocycles. The number of halogens is 5. The Balaban J connectivity index is 0.000000537. The van der Waals surface area contributed by atoms with E-state index in [4.69, 9.17) is 37.8 Å². The van der Waals surface area contributed by atoms with Gasteiger partial charge in [0.1, 0.15) is 5.75 Å². The highest BCUT2D eigenvalue weighted by molar-refractivity contribution is 6.36. The van der Waals surface area contributed by atoms with E-state index in [-0.39, 0.29) is 0 Å². The highest BCUT2D eigenvalue weighted by atomic mass is 35.5. The van der Waals surface area contributed by atoms with Crippen molar-refractivity contribution in [3.63, 3.8) is 0 Å². The fraction of sp³-hybridized carbons (Fsp3) is 0.250. The average molecular weight is 670 g/mol. The standard InChI is InChI=1S/C34H32Cl2N2O.C2HF3O2/c1-39-32-17-8-5-12-26(32)22-38-31-16-7-6-13-27(31)28(34(38)25-10-3-2-4-11-25)23-37-20-18-24(19-21-37)33-29(35)14-9-15-30(33)36;3-2(4,5)1(6)7/h2-17,24H,18-23H2,1H3;(H,6,7). The number of likely N-dealkylation sites (tertiary alicyclic amines) is 1. The third kappa shape index (κ3) is 7.52. The number of piperidine rings is 1. The van der Waals surface area contributed by atoms with Crippen molar-refractivity contribution < 1.29 is 27.8 Å². The van der Waals surface area contributed by atoms with Crippen LogP contribution in [0.3, 0.4) is 0 Å². The lowest BCUT2D eigenvalue weighted by molar-refractivity contribution is -0.192. The van der Waals surface area contributed by atoms with E-state index < -0.39 is 12.1 Å². The van der Waals surface area contributed by atoms with Gasteiger partial charge in [0.2, 0.25) is 0 Å². The summed E-state index contributed by atoms with van der Waals surface area (Å²) in [5.74, 6) is -1.45. The Morgan fingerprint density at radius 3 is 2.07 bits per heavy atom. The predicted molar refractivity (Wildman–Crippen MR) is 177 cm³/mol. The minimum Gasteiger partial charge on any atom is -0.496 e. The molecule has 6 rings (SSSR count). The summed E-state index contributed by atoms with van der Waals surface area (Å²) in [5.41, 5.74) is 7.41. The van der Waals surface area contributed by atoms with Gasteiger partial charge in [0.25, 0.3) is 0 Å². The van der Waals surface area contributed by atoms with Crippen molar-refractivity contribution in [2.24, 2.45) is 0 Å². The number of benzene rings is 4. The van der Waals surface area contributed by atoms with Gasteiger partial charge in [0, 0.05) is 33.1 Å². The van der Waals surface area contributed by atoms with Gasteiger partial charge < -0.3 is 14.4 Å². The van der Waals surface area contributed by atoms with Gasteiger partial charge >= 0.3 is 12.1 Å². The van der Waals surface area contributed by atoms with E-state index in [1.54, 1.807) is 7.11 Å². The van der Waals surface area contributed by atoms with Crippen LogP contribution in [-0.2, 0) is 17.9 Å². The maximum absolute atomic E-state index is 10.6. The second kappa shape index (κ2) is 14.6. The number of carbonyl (C=O) groups is 1. The Morgan fingerprint density at radius 1 is 0.848 bits per heavy atom. The first-order valence-corrected chi connectivity index (χ1v) is 15.6. The molecule has 5 aromatic rings. The zero-order valence-corrected chi connectivity index (χ0v) is 26.6. The van der Waals surface area contributed by atoms with Crippen molar-refractivity contribution in [1.82, 2.24) is 9.47 Å². The van der Waals surface area contributed by atoms with E-state index in [0.29, 0.717) is 5.92 Å². The number of para-hydroxylation sites is 2. The molecule has 0 bridgehead atoms. The van der Waals surface area contributed by atoms with E-state index in [2.05, 4.69) is 76.2 Å². The SMILES string of the molecule is COc1ccccc1Cn1c(-c2ccccc2)c(CN2CCC(c3c(Cl)cccc3Cl)CC2)c2ccccc21.O=C(O)C(F)(F)F. The molecule has 0 atom stereocenters. The Hall–Kier alpha value is -3.98. The van der Waals surface area contributed by atoms with E-state index in [1.807, 2.05) is 30.3 Å². The molecule has 1 aliphatic heterocycles. The molecular weight excluding hydrogens is 636 g/mol. The zero-order chi connectivity index (χ0) is 32.8. The van der Waals surface area contributed by atoms with Crippen LogP contribution in [0.15, 0.2) is 97.1 Å². The van der Waals surface area contributed by atoms with Crippen LogP contribution in [-0.4, -0.2) is 46.9 Å². The number of nitrogens with zero attached hydrogens (tertiary/aromatic N) is 2. The van der Waals surface area contributed by atoms with Crippen molar-refractivity contribution in [3.8, 4) is 17.0 Å². The lowest BCUT2D eigenvalue weighted by Gasteiger charge is -2.33. The fourth-order valence-electron chi connectivity index (χ4n) is 6.13. The molecule has 1 aliphatic rings. The van der Waals surface area contributed by atoms with Gasteiger partial charge in [-0.3, -0.25) is 4.90 Å². The third-order valence-corrected chi connectivity index (χ3v) is 8.92. The van der Waals surface area contributed by atoms with E-state index in [9.17, 15) is 13.2 Å². The number of alkyl halides is 3. The highest BCUT2D eigenvalue weighted by Crippen LogP contribution is 2.40. The number of carboxylic acids is 1. The summed E-state index contributed by atoms with van der Waals surface area (Å²) in [6.45, 7) is 3.65. The molecule has 2 heterocycles. The largest absolute Gasteiger partial charge is 0.496 e. The first-order valence-electron chi connectivity index (χ1n) is 14.8. The molecule has 1 N–H and O–H groups in total. The Morgan fingerprint density at radius 2 is 1.43 bits per heavy atom. The van der Waals surface area contributed by atoms with Crippen LogP contribution in [0.25, 0.3) is 22.2 Å². The Bertz CT molecular complexity index is 1780. The van der Waals surface area contributed by atoms with Gasteiger partial charge in [-0.05, 0) is 72.8 Å². The molecule has 1 aromatic heterocycles. The number of carboxylic acid groups (broad SMARTS) is 1. The number of aromatic nitrogens is 1. The number of rotatable bonds is 7. The first-order chi connectivity index (χ1) is 22.1. The second-order valence-electron chi connectivity index (χ2n) is 11.1. The van der Waals surface area contributed by atoms with E-state index >= 15 is 0 Å². The lowest BCUT2D eigenvalue weighted by atomic mass is 9.89. The van der Waals surface area contributed by atoms with Crippen LogP contribution in [0.4, 0.5) is 13.2 Å². The summed E-state index contributed by atoms with van der Waals surface area (Å²) in [6, 6.07) is 33.7. The number of hydrogen-bond donors (Lipinski definition) is 1. The molecule has 0 aliphatic carbocycles. The van der Waals surface area contributed by atoms with Crippen LogP contribution in [0.5, 0.6) is 5.75 Å². The minimum atomic E-state index is -5.08. The van der Waals surface area contributed by atoms with Crippen molar-refractivity contribution in [2.75, 3.05) is 20.2 Å². The Labute approximate surface area is 275 Å². The molecule has 0 amide bonds. The summed E-state index contributed by atoms with van der Waals surface area (Å²) in [4.78, 5) is 11.5. The lowest BCUT2D eigenvalue weighted by Crippen LogP contribution is -2.32. The number of ether oxygens (including phenoxy) is 1. The maximum Gasteiger partial charge on any atom is 0.490 e. The number of fused-ring (bicyclic) bond motifs is 1.